The highest BCUT2D eigenvalue weighted by Crippen LogP contribution is 2.27. The Morgan fingerprint density at radius 3 is 2.17 bits per heavy atom. The summed E-state index contributed by atoms with van der Waals surface area (Å²) in [6, 6.07) is 2.04. The number of aromatic nitrogens is 3. The summed E-state index contributed by atoms with van der Waals surface area (Å²) in [5.74, 6) is 0.647. The summed E-state index contributed by atoms with van der Waals surface area (Å²) in [4.78, 5) is 5.36. The molecule has 3 heterocycles. The van der Waals surface area contributed by atoms with E-state index in [4.69, 9.17) is 0 Å². The molecule has 2 saturated heterocycles. The van der Waals surface area contributed by atoms with Crippen molar-refractivity contribution in [2.24, 2.45) is 5.92 Å². The SMILES string of the molecule is CC(C)Cc1cn(C2CCN(C3CCN(C(C)C)CC3)CC2)nn1. The number of rotatable bonds is 5. The molecule has 2 fully saturated rings. The Balaban J connectivity index is 1.47. The van der Waals surface area contributed by atoms with Crippen LogP contribution in [0, 0.1) is 5.92 Å². The zero-order chi connectivity index (χ0) is 17.1. The first-order valence-electron chi connectivity index (χ1n) is 9.91. The Hall–Kier alpha value is -0.940. The van der Waals surface area contributed by atoms with Crippen molar-refractivity contribution in [3.05, 3.63) is 11.9 Å². The third-order valence-electron chi connectivity index (χ3n) is 5.79. The molecule has 0 atom stereocenters. The van der Waals surface area contributed by atoms with Crippen LogP contribution in [0.2, 0.25) is 0 Å². The fourth-order valence-electron chi connectivity index (χ4n) is 4.29. The van der Waals surface area contributed by atoms with Gasteiger partial charge in [-0.2, -0.15) is 0 Å². The summed E-state index contributed by atoms with van der Waals surface area (Å²) >= 11 is 0. The van der Waals surface area contributed by atoms with Gasteiger partial charge in [-0.1, -0.05) is 19.1 Å². The van der Waals surface area contributed by atoms with Gasteiger partial charge in [0.2, 0.25) is 0 Å². The highest BCUT2D eigenvalue weighted by Gasteiger charge is 2.29. The van der Waals surface area contributed by atoms with Gasteiger partial charge in [-0.25, -0.2) is 4.68 Å². The molecule has 0 spiro atoms. The summed E-state index contributed by atoms with van der Waals surface area (Å²) in [6.45, 7) is 14.1. The molecule has 0 radical (unpaired) electrons. The minimum absolute atomic E-state index is 0.547. The molecule has 24 heavy (non-hydrogen) atoms. The molecule has 0 aromatic carbocycles. The van der Waals surface area contributed by atoms with Gasteiger partial charge >= 0.3 is 0 Å². The summed E-state index contributed by atoms with van der Waals surface area (Å²) in [5, 5.41) is 8.76. The molecule has 0 aliphatic carbocycles. The molecular formula is C19H35N5. The minimum atomic E-state index is 0.547. The van der Waals surface area contributed by atoms with Gasteiger partial charge in [-0.05, 0) is 65.0 Å². The number of likely N-dealkylation sites (tertiary alicyclic amines) is 2. The largest absolute Gasteiger partial charge is 0.301 e. The van der Waals surface area contributed by atoms with E-state index in [1.807, 2.05) is 0 Å². The average molecular weight is 334 g/mol. The highest BCUT2D eigenvalue weighted by molar-refractivity contribution is 4.95. The summed E-state index contributed by atoms with van der Waals surface area (Å²) in [5.41, 5.74) is 1.15. The number of hydrogen-bond acceptors (Lipinski definition) is 4. The third-order valence-corrected chi connectivity index (χ3v) is 5.79. The molecule has 5 heteroatoms. The normalized spacial score (nSPS) is 22.8. The predicted molar refractivity (Wildman–Crippen MR) is 98.1 cm³/mol. The molecule has 3 rings (SSSR count). The lowest BCUT2D eigenvalue weighted by Crippen LogP contribution is -2.49. The van der Waals surface area contributed by atoms with E-state index >= 15 is 0 Å². The summed E-state index contributed by atoms with van der Waals surface area (Å²) in [6.07, 6.45) is 8.33. The van der Waals surface area contributed by atoms with Crippen LogP contribution in [-0.4, -0.2) is 63.1 Å². The number of piperidine rings is 2. The monoisotopic (exact) mass is 333 g/mol. The van der Waals surface area contributed by atoms with Crippen LogP contribution in [0.5, 0.6) is 0 Å². The van der Waals surface area contributed by atoms with Crippen molar-refractivity contribution in [1.29, 1.82) is 0 Å². The van der Waals surface area contributed by atoms with Gasteiger partial charge in [0.05, 0.1) is 11.7 Å². The molecular weight excluding hydrogens is 298 g/mol. The Kier molecular flexibility index (Phi) is 5.93. The Labute approximate surface area is 147 Å². The van der Waals surface area contributed by atoms with Crippen LogP contribution < -0.4 is 0 Å². The van der Waals surface area contributed by atoms with Gasteiger partial charge in [0.25, 0.3) is 0 Å². The van der Waals surface area contributed by atoms with Crippen LogP contribution in [-0.2, 0) is 6.42 Å². The first kappa shape index (κ1) is 17.9. The lowest BCUT2D eigenvalue weighted by molar-refractivity contribution is 0.0669. The fourth-order valence-corrected chi connectivity index (χ4v) is 4.29. The molecule has 0 amide bonds. The predicted octanol–water partition coefficient (Wildman–Crippen LogP) is 2.99. The van der Waals surface area contributed by atoms with Gasteiger partial charge in [0, 0.05) is 31.4 Å². The van der Waals surface area contributed by atoms with E-state index in [1.54, 1.807) is 0 Å². The van der Waals surface area contributed by atoms with Gasteiger partial charge in [-0.3, -0.25) is 0 Å². The summed E-state index contributed by atoms with van der Waals surface area (Å²) in [7, 11) is 0. The molecule has 2 aliphatic heterocycles. The van der Waals surface area contributed by atoms with Crippen LogP contribution in [0.1, 0.15) is 65.1 Å². The van der Waals surface area contributed by atoms with Crippen molar-refractivity contribution in [3.8, 4) is 0 Å². The van der Waals surface area contributed by atoms with Crippen LogP contribution in [0.3, 0.4) is 0 Å². The molecule has 0 N–H and O–H groups in total. The quantitative estimate of drug-likeness (QED) is 0.830. The van der Waals surface area contributed by atoms with E-state index in [-0.39, 0.29) is 0 Å². The van der Waals surface area contributed by atoms with E-state index in [2.05, 4.69) is 58.7 Å². The smallest absolute Gasteiger partial charge is 0.0829 e. The first-order valence-corrected chi connectivity index (χ1v) is 9.91. The van der Waals surface area contributed by atoms with Crippen molar-refractivity contribution >= 4 is 0 Å². The average Bonchev–Trinajstić information content (AvgIpc) is 3.03. The molecule has 2 aliphatic rings. The molecule has 1 aromatic heterocycles. The maximum Gasteiger partial charge on any atom is 0.0829 e. The van der Waals surface area contributed by atoms with E-state index in [1.165, 1.54) is 51.9 Å². The van der Waals surface area contributed by atoms with E-state index in [9.17, 15) is 0 Å². The highest BCUT2D eigenvalue weighted by atomic mass is 15.4. The number of nitrogens with zero attached hydrogens (tertiary/aromatic N) is 5. The Bertz CT molecular complexity index is 494. The maximum absolute atomic E-state index is 4.40. The third kappa shape index (κ3) is 4.37. The Morgan fingerprint density at radius 2 is 1.58 bits per heavy atom. The van der Waals surface area contributed by atoms with Crippen LogP contribution in [0.25, 0.3) is 0 Å². The zero-order valence-corrected chi connectivity index (χ0v) is 16.0. The van der Waals surface area contributed by atoms with Crippen LogP contribution in [0.15, 0.2) is 6.20 Å². The van der Waals surface area contributed by atoms with Gasteiger partial charge < -0.3 is 9.80 Å². The minimum Gasteiger partial charge on any atom is -0.301 e. The topological polar surface area (TPSA) is 37.2 Å². The van der Waals surface area contributed by atoms with Crippen molar-refractivity contribution in [3.63, 3.8) is 0 Å². The lowest BCUT2D eigenvalue weighted by atomic mass is 9.97. The Morgan fingerprint density at radius 1 is 0.958 bits per heavy atom. The van der Waals surface area contributed by atoms with Crippen molar-refractivity contribution in [1.82, 2.24) is 24.8 Å². The second kappa shape index (κ2) is 7.96. The zero-order valence-electron chi connectivity index (χ0n) is 16.0. The summed E-state index contributed by atoms with van der Waals surface area (Å²) < 4.78 is 2.14. The molecule has 1 aromatic rings. The molecule has 0 bridgehead atoms. The van der Waals surface area contributed by atoms with Crippen LogP contribution >= 0.6 is 0 Å². The second-order valence-corrected chi connectivity index (χ2v) is 8.42. The molecule has 0 saturated carbocycles. The standard InChI is InChI=1S/C19H35N5/c1-15(2)13-17-14-24(21-20-17)19-7-11-23(12-8-19)18-5-9-22(10-6-18)16(3)4/h14-16,18-19H,5-13H2,1-4H3. The molecule has 136 valence electrons. The van der Waals surface area contributed by atoms with Gasteiger partial charge in [0.1, 0.15) is 0 Å². The van der Waals surface area contributed by atoms with E-state index in [0.29, 0.717) is 18.0 Å². The lowest BCUT2D eigenvalue weighted by Gasteiger charge is -2.42. The molecule has 0 unspecified atom stereocenters. The van der Waals surface area contributed by atoms with Crippen LogP contribution in [0.4, 0.5) is 0 Å². The fraction of sp³-hybridized carbons (Fsp3) is 0.895. The second-order valence-electron chi connectivity index (χ2n) is 8.42. The van der Waals surface area contributed by atoms with Crippen molar-refractivity contribution < 1.29 is 0 Å². The number of hydrogen-bond donors (Lipinski definition) is 0. The first-order chi connectivity index (χ1) is 11.5. The van der Waals surface area contributed by atoms with Crippen molar-refractivity contribution in [2.75, 3.05) is 26.2 Å². The maximum atomic E-state index is 4.40. The van der Waals surface area contributed by atoms with Gasteiger partial charge in [0.15, 0.2) is 0 Å². The van der Waals surface area contributed by atoms with Crippen molar-refractivity contribution in [2.45, 2.75) is 77.9 Å². The van der Waals surface area contributed by atoms with E-state index < -0.39 is 0 Å². The van der Waals surface area contributed by atoms with E-state index in [0.717, 1.165) is 18.2 Å². The molecule has 5 nitrogen and oxygen atoms in total. The van der Waals surface area contributed by atoms with Gasteiger partial charge in [-0.15, -0.1) is 5.10 Å².